The molecular formula is C14H13ClN2O3. The monoisotopic (exact) mass is 292 g/mol. The molecule has 1 heterocycles. The van der Waals surface area contributed by atoms with Gasteiger partial charge in [0.15, 0.2) is 0 Å². The van der Waals surface area contributed by atoms with Crippen LogP contribution in [0, 0.1) is 0 Å². The zero-order valence-electron chi connectivity index (χ0n) is 11.1. The van der Waals surface area contributed by atoms with Crippen molar-refractivity contribution in [1.82, 2.24) is 9.78 Å². The molecule has 0 amide bonds. The molecule has 0 bridgehead atoms. The predicted molar refractivity (Wildman–Crippen MR) is 75.9 cm³/mol. The summed E-state index contributed by atoms with van der Waals surface area (Å²) in [6.07, 6.45) is 0. The van der Waals surface area contributed by atoms with Crippen molar-refractivity contribution in [2.75, 3.05) is 6.61 Å². The van der Waals surface area contributed by atoms with Gasteiger partial charge in [0.1, 0.15) is 5.56 Å². The summed E-state index contributed by atoms with van der Waals surface area (Å²) < 4.78 is 5.97. The molecule has 6 heteroatoms. The van der Waals surface area contributed by atoms with E-state index in [9.17, 15) is 9.59 Å². The number of benzene rings is 1. The normalized spacial score (nSPS) is 10.3. The minimum Gasteiger partial charge on any atom is -0.462 e. The Hall–Kier alpha value is -2.14. The number of hydrogen-bond donors (Lipinski definition) is 0. The lowest BCUT2D eigenvalue weighted by Crippen LogP contribution is -2.27. The van der Waals surface area contributed by atoms with Gasteiger partial charge in [-0.2, -0.15) is 5.10 Å². The van der Waals surface area contributed by atoms with E-state index < -0.39 is 11.5 Å². The highest BCUT2D eigenvalue weighted by Gasteiger charge is 2.16. The number of rotatable bonds is 3. The Morgan fingerprint density at radius 1 is 1.40 bits per heavy atom. The van der Waals surface area contributed by atoms with Crippen molar-refractivity contribution in [1.29, 1.82) is 0 Å². The Balaban J connectivity index is 2.60. The number of nitrogens with zero attached hydrogens (tertiary/aromatic N) is 2. The highest BCUT2D eigenvalue weighted by Crippen LogP contribution is 2.25. The lowest BCUT2D eigenvalue weighted by Gasteiger charge is -2.08. The number of esters is 1. The molecule has 0 radical (unpaired) electrons. The van der Waals surface area contributed by atoms with E-state index in [4.69, 9.17) is 16.3 Å². The minimum atomic E-state index is -0.663. The van der Waals surface area contributed by atoms with Gasteiger partial charge in [0.25, 0.3) is 5.56 Å². The van der Waals surface area contributed by atoms with Crippen LogP contribution in [0.4, 0.5) is 0 Å². The maximum Gasteiger partial charge on any atom is 0.343 e. The van der Waals surface area contributed by atoms with Crippen LogP contribution in [0.25, 0.3) is 11.3 Å². The van der Waals surface area contributed by atoms with Crippen LogP contribution in [0.1, 0.15) is 17.3 Å². The highest BCUT2D eigenvalue weighted by atomic mass is 35.5. The average Bonchev–Trinajstić information content (AvgIpc) is 2.42. The number of hydrogen-bond acceptors (Lipinski definition) is 4. The fourth-order valence-electron chi connectivity index (χ4n) is 1.76. The third-order valence-corrected chi connectivity index (χ3v) is 3.04. The molecule has 2 rings (SSSR count). The molecule has 0 saturated carbocycles. The smallest absolute Gasteiger partial charge is 0.343 e. The summed E-state index contributed by atoms with van der Waals surface area (Å²) in [7, 11) is 1.48. The van der Waals surface area contributed by atoms with Gasteiger partial charge in [-0.05, 0) is 19.1 Å². The molecule has 0 aliphatic carbocycles. The summed E-state index contributed by atoms with van der Waals surface area (Å²) >= 11 is 6.10. The lowest BCUT2D eigenvalue weighted by molar-refractivity contribution is 0.0523. The molecule has 0 aliphatic heterocycles. The van der Waals surface area contributed by atoms with Crippen molar-refractivity contribution in [3.8, 4) is 11.3 Å². The number of aromatic nitrogens is 2. The van der Waals surface area contributed by atoms with Gasteiger partial charge in [0.2, 0.25) is 0 Å². The standard InChI is InChI=1S/C14H13ClN2O3/c1-3-20-14(19)10-8-12(16-17(2)13(10)18)9-6-4-5-7-11(9)15/h4-8H,3H2,1-2H3. The fourth-order valence-corrected chi connectivity index (χ4v) is 2.00. The Bertz CT molecular complexity index is 710. The summed E-state index contributed by atoms with van der Waals surface area (Å²) in [4.78, 5) is 23.7. The molecule has 0 atom stereocenters. The van der Waals surface area contributed by atoms with Gasteiger partial charge in [-0.15, -0.1) is 0 Å². The van der Waals surface area contributed by atoms with E-state index in [0.717, 1.165) is 4.68 Å². The van der Waals surface area contributed by atoms with Crippen LogP contribution in [0.15, 0.2) is 35.1 Å². The number of halogens is 1. The number of aryl methyl sites for hydroxylation is 1. The molecule has 0 N–H and O–H groups in total. The van der Waals surface area contributed by atoms with Gasteiger partial charge in [-0.3, -0.25) is 4.79 Å². The molecule has 0 spiro atoms. The molecule has 1 aromatic carbocycles. The van der Waals surface area contributed by atoms with E-state index in [1.807, 2.05) is 0 Å². The van der Waals surface area contributed by atoms with Gasteiger partial charge >= 0.3 is 5.97 Å². The second-order valence-electron chi connectivity index (χ2n) is 4.07. The maximum absolute atomic E-state index is 11.9. The van der Waals surface area contributed by atoms with Gasteiger partial charge in [-0.25, -0.2) is 9.48 Å². The molecule has 0 fully saturated rings. The van der Waals surface area contributed by atoms with E-state index >= 15 is 0 Å². The van der Waals surface area contributed by atoms with Crippen LogP contribution in [-0.2, 0) is 11.8 Å². The third kappa shape index (κ3) is 2.72. The second-order valence-corrected chi connectivity index (χ2v) is 4.48. The molecule has 104 valence electrons. The van der Waals surface area contributed by atoms with Gasteiger partial charge < -0.3 is 4.74 Å². The van der Waals surface area contributed by atoms with Crippen molar-refractivity contribution >= 4 is 17.6 Å². The van der Waals surface area contributed by atoms with Crippen molar-refractivity contribution in [2.45, 2.75) is 6.92 Å². The van der Waals surface area contributed by atoms with Crippen LogP contribution in [-0.4, -0.2) is 22.4 Å². The van der Waals surface area contributed by atoms with Crippen LogP contribution in [0.5, 0.6) is 0 Å². The molecule has 0 aliphatic rings. The SMILES string of the molecule is CCOC(=O)c1cc(-c2ccccc2Cl)nn(C)c1=O. The van der Waals surface area contributed by atoms with Crippen LogP contribution >= 0.6 is 11.6 Å². The van der Waals surface area contributed by atoms with E-state index in [1.165, 1.54) is 13.1 Å². The average molecular weight is 293 g/mol. The maximum atomic E-state index is 11.9. The van der Waals surface area contributed by atoms with Gasteiger partial charge in [-0.1, -0.05) is 29.8 Å². The summed E-state index contributed by atoms with van der Waals surface area (Å²) in [5, 5.41) is 4.61. The first-order valence-electron chi connectivity index (χ1n) is 6.05. The third-order valence-electron chi connectivity index (χ3n) is 2.71. The molecule has 1 aromatic heterocycles. The quantitative estimate of drug-likeness (QED) is 0.814. The Morgan fingerprint density at radius 2 is 2.10 bits per heavy atom. The summed E-state index contributed by atoms with van der Waals surface area (Å²) in [5.41, 5.74) is 0.537. The first-order chi connectivity index (χ1) is 9.54. The number of ether oxygens (including phenoxy) is 1. The predicted octanol–water partition coefficient (Wildman–Crippen LogP) is 2.28. The molecule has 0 saturated heterocycles. The van der Waals surface area contributed by atoms with E-state index in [0.29, 0.717) is 16.3 Å². The first-order valence-corrected chi connectivity index (χ1v) is 6.42. The Kier molecular flexibility index (Phi) is 4.20. The molecular weight excluding hydrogens is 280 g/mol. The zero-order valence-corrected chi connectivity index (χ0v) is 11.8. The Labute approximate surface area is 120 Å². The molecule has 0 unspecified atom stereocenters. The van der Waals surface area contributed by atoms with Gasteiger partial charge in [0.05, 0.1) is 17.3 Å². The number of carbonyl (C=O) groups is 1. The molecule has 5 nitrogen and oxygen atoms in total. The van der Waals surface area contributed by atoms with Crippen LogP contribution < -0.4 is 5.56 Å². The topological polar surface area (TPSA) is 61.2 Å². The summed E-state index contributed by atoms with van der Waals surface area (Å²) in [5.74, 6) is -0.663. The van der Waals surface area contributed by atoms with Crippen LogP contribution in [0.3, 0.4) is 0 Å². The highest BCUT2D eigenvalue weighted by molar-refractivity contribution is 6.33. The largest absolute Gasteiger partial charge is 0.462 e. The number of carbonyl (C=O) groups excluding carboxylic acids is 1. The second kappa shape index (κ2) is 5.88. The van der Waals surface area contributed by atoms with E-state index in [2.05, 4.69) is 5.10 Å². The zero-order chi connectivity index (χ0) is 14.7. The molecule has 20 heavy (non-hydrogen) atoms. The minimum absolute atomic E-state index is 0.0562. The van der Waals surface area contributed by atoms with Crippen molar-refractivity contribution < 1.29 is 9.53 Å². The fraction of sp³-hybridized carbons (Fsp3) is 0.214. The molecule has 2 aromatic rings. The lowest BCUT2D eigenvalue weighted by atomic mass is 10.1. The first kappa shape index (κ1) is 14.3. The van der Waals surface area contributed by atoms with Crippen molar-refractivity contribution in [3.63, 3.8) is 0 Å². The van der Waals surface area contributed by atoms with Crippen molar-refractivity contribution in [3.05, 3.63) is 51.3 Å². The summed E-state index contributed by atoms with van der Waals surface area (Å²) in [6, 6.07) is 8.48. The van der Waals surface area contributed by atoms with E-state index in [1.54, 1.807) is 31.2 Å². The van der Waals surface area contributed by atoms with Crippen LogP contribution in [0.2, 0.25) is 5.02 Å². The van der Waals surface area contributed by atoms with E-state index in [-0.39, 0.29) is 12.2 Å². The Morgan fingerprint density at radius 3 is 2.75 bits per heavy atom. The van der Waals surface area contributed by atoms with Gasteiger partial charge in [0, 0.05) is 12.6 Å². The van der Waals surface area contributed by atoms with Crippen molar-refractivity contribution in [2.24, 2.45) is 7.05 Å². The summed E-state index contributed by atoms with van der Waals surface area (Å²) in [6.45, 7) is 1.88.